The molecule has 1 aromatic carbocycles. The van der Waals surface area contributed by atoms with E-state index in [1.54, 1.807) is 31.3 Å². The van der Waals surface area contributed by atoms with E-state index >= 15 is 0 Å². The van der Waals surface area contributed by atoms with Crippen LogP contribution in [0.5, 0.6) is 0 Å². The summed E-state index contributed by atoms with van der Waals surface area (Å²) in [6.45, 7) is 1.74. The fraction of sp³-hybridized carbons (Fsp3) is 0.308. The molecule has 1 unspecified atom stereocenters. The molecule has 0 saturated carbocycles. The monoisotopic (exact) mass is 261 g/mol. The molecule has 6 nitrogen and oxygen atoms in total. The number of hydrogen-bond acceptors (Lipinski definition) is 3. The predicted octanol–water partition coefficient (Wildman–Crippen LogP) is 1.50. The SMILES string of the molecule is CCC(C(=O)O)N(C)C(=O)c1ccc2[nH]ncc2c1. The maximum Gasteiger partial charge on any atom is 0.326 e. The van der Waals surface area contributed by atoms with Crippen molar-refractivity contribution in [2.45, 2.75) is 19.4 Å². The van der Waals surface area contributed by atoms with Crippen LogP contribution in [0, 0.1) is 0 Å². The van der Waals surface area contributed by atoms with Gasteiger partial charge < -0.3 is 10.0 Å². The lowest BCUT2D eigenvalue weighted by Gasteiger charge is -2.23. The van der Waals surface area contributed by atoms with Crippen molar-refractivity contribution in [3.63, 3.8) is 0 Å². The smallest absolute Gasteiger partial charge is 0.326 e. The predicted molar refractivity (Wildman–Crippen MR) is 69.9 cm³/mol. The Morgan fingerprint density at radius 3 is 2.84 bits per heavy atom. The number of nitrogens with one attached hydrogen (secondary N) is 1. The third-order valence-electron chi connectivity index (χ3n) is 3.15. The molecule has 1 heterocycles. The van der Waals surface area contributed by atoms with E-state index in [-0.39, 0.29) is 5.91 Å². The second kappa shape index (κ2) is 5.09. The molecule has 1 aromatic heterocycles. The van der Waals surface area contributed by atoms with Crippen LogP contribution >= 0.6 is 0 Å². The molecule has 0 fully saturated rings. The third-order valence-corrected chi connectivity index (χ3v) is 3.15. The number of carbonyl (C=O) groups is 2. The van der Waals surface area contributed by atoms with Gasteiger partial charge in [0.05, 0.1) is 11.7 Å². The van der Waals surface area contributed by atoms with Crippen molar-refractivity contribution in [1.82, 2.24) is 15.1 Å². The summed E-state index contributed by atoms with van der Waals surface area (Å²) < 4.78 is 0. The molecule has 0 radical (unpaired) electrons. The molecular weight excluding hydrogens is 246 g/mol. The molecule has 0 spiro atoms. The number of rotatable bonds is 4. The Balaban J connectivity index is 2.29. The van der Waals surface area contributed by atoms with E-state index in [9.17, 15) is 9.59 Å². The van der Waals surface area contributed by atoms with Crippen LogP contribution in [0.2, 0.25) is 0 Å². The molecule has 0 aliphatic heterocycles. The summed E-state index contributed by atoms with van der Waals surface area (Å²) in [5.74, 6) is -1.31. The number of nitrogens with zero attached hydrogens (tertiary/aromatic N) is 2. The van der Waals surface area contributed by atoms with Crippen molar-refractivity contribution < 1.29 is 14.7 Å². The molecule has 2 aromatic rings. The fourth-order valence-corrected chi connectivity index (χ4v) is 2.04. The van der Waals surface area contributed by atoms with E-state index in [0.29, 0.717) is 12.0 Å². The Labute approximate surface area is 110 Å². The van der Waals surface area contributed by atoms with Crippen molar-refractivity contribution in [1.29, 1.82) is 0 Å². The number of aromatic nitrogens is 2. The van der Waals surface area contributed by atoms with E-state index in [2.05, 4.69) is 10.2 Å². The second-order valence-corrected chi connectivity index (χ2v) is 4.35. The van der Waals surface area contributed by atoms with Gasteiger partial charge in [-0.15, -0.1) is 0 Å². The quantitative estimate of drug-likeness (QED) is 0.873. The number of hydrogen-bond donors (Lipinski definition) is 2. The maximum absolute atomic E-state index is 12.2. The van der Waals surface area contributed by atoms with Crippen LogP contribution in [0.3, 0.4) is 0 Å². The number of carboxylic acids is 1. The van der Waals surface area contributed by atoms with Crippen LogP contribution in [0.4, 0.5) is 0 Å². The molecule has 0 bridgehead atoms. The Morgan fingerprint density at radius 1 is 1.47 bits per heavy atom. The van der Waals surface area contributed by atoms with Crippen molar-refractivity contribution in [3.05, 3.63) is 30.0 Å². The van der Waals surface area contributed by atoms with Gasteiger partial charge in [0.15, 0.2) is 0 Å². The first kappa shape index (κ1) is 13.1. The standard InChI is InChI=1S/C13H15N3O3/c1-3-11(13(18)19)16(2)12(17)8-4-5-10-9(6-8)7-14-15-10/h4-7,11H,3H2,1-2H3,(H,14,15)(H,18,19). The van der Waals surface area contributed by atoms with E-state index < -0.39 is 12.0 Å². The highest BCUT2D eigenvalue weighted by molar-refractivity contribution is 5.99. The summed E-state index contributed by atoms with van der Waals surface area (Å²) >= 11 is 0. The summed E-state index contributed by atoms with van der Waals surface area (Å²) in [6.07, 6.45) is 1.99. The van der Waals surface area contributed by atoms with Crippen molar-refractivity contribution in [2.75, 3.05) is 7.05 Å². The number of H-pyrrole nitrogens is 1. The van der Waals surface area contributed by atoms with Gasteiger partial charge in [0.1, 0.15) is 6.04 Å². The van der Waals surface area contributed by atoms with Gasteiger partial charge >= 0.3 is 5.97 Å². The first-order valence-corrected chi connectivity index (χ1v) is 5.97. The van der Waals surface area contributed by atoms with Gasteiger partial charge in [0.25, 0.3) is 5.91 Å². The van der Waals surface area contributed by atoms with Gasteiger partial charge in [-0.05, 0) is 24.6 Å². The third kappa shape index (κ3) is 2.42. The molecule has 0 aliphatic carbocycles. The van der Waals surface area contributed by atoms with Crippen LogP contribution in [-0.4, -0.2) is 45.2 Å². The largest absolute Gasteiger partial charge is 0.480 e. The number of carboxylic acid groups (broad SMARTS) is 1. The van der Waals surface area contributed by atoms with Crippen LogP contribution in [0.15, 0.2) is 24.4 Å². The van der Waals surface area contributed by atoms with E-state index in [1.807, 2.05) is 0 Å². The van der Waals surface area contributed by atoms with Crippen molar-refractivity contribution in [2.24, 2.45) is 0 Å². The van der Waals surface area contributed by atoms with Gasteiger partial charge in [0.2, 0.25) is 0 Å². The van der Waals surface area contributed by atoms with Crippen LogP contribution in [0.1, 0.15) is 23.7 Å². The highest BCUT2D eigenvalue weighted by atomic mass is 16.4. The Bertz CT molecular complexity index is 620. The van der Waals surface area contributed by atoms with Gasteiger partial charge in [-0.25, -0.2) is 4.79 Å². The normalized spacial score (nSPS) is 12.3. The van der Waals surface area contributed by atoms with Crippen LogP contribution in [0.25, 0.3) is 10.9 Å². The molecule has 100 valence electrons. The number of likely N-dealkylation sites (N-methyl/N-ethyl adjacent to an activating group) is 1. The minimum Gasteiger partial charge on any atom is -0.480 e. The van der Waals surface area contributed by atoms with Gasteiger partial charge in [-0.1, -0.05) is 6.92 Å². The molecule has 1 amide bonds. The minimum absolute atomic E-state index is 0.308. The summed E-state index contributed by atoms with van der Waals surface area (Å²) in [5, 5.41) is 16.6. The Morgan fingerprint density at radius 2 is 2.21 bits per heavy atom. The molecule has 0 aliphatic rings. The zero-order valence-electron chi connectivity index (χ0n) is 10.8. The first-order valence-electron chi connectivity index (χ1n) is 5.97. The number of aromatic amines is 1. The maximum atomic E-state index is 12.2. The minimum atomic E-state index is -0.997. The molecule has 6 heteroatoms. The molecular formula is C13H15N3O3. The Kier molecular flexibility index (Phi) is 3.50. The van der Waals surface area contributed by atoms with Gasteiger partial charge in [-0.2, -0.15) is 5.10 Å². The van der Waals surface area contributed by atoms with Crippen LogP contribution < -0.4 is 0 Å². The average Bonchev–Trinajstić information content (AvgIpc) is 2.85. The first-order chi connectivity index (χ1) is 9.04. The Hall–Kier alpha value is -2.37. The highest BCUT2D eigenvalue weighted by Crippen LogP contribution is 2.15. The zero-order valence-corrected chi connectivity index (χ0v) is 10.8. The van der Waals surface area contributed by atoms with Crippen molar-refractivity contribution >= 4 is 22.8 Å². The molecule has 2 N–H and O–H groups in total. The number of fused-ring (bicyclic) bond motifs is 1. The summed E-state index contributed by atoms with van der Waals surface area (Å²) in [4.78, 5) is 24.6. The summed E-state index contributed by atoms with van der Waals surface area (Å²) in [7, 11) is 1.50. The average molecular weight is 261 g/mol. The summed E-state index contributed by atoms with van der Waals surface area (Å²) in [5.41, 5.74) is 1.29. The van der Waals surface area contributed by atoms with Crippen molar-refractivity contribution in [3.8, 4) is 0 Å². The number of aliphatic carboxylic acids is 1. The van der Waals surface area contributed by atoms with E-state index in [0.717, 1.165) is 10.9 Å². The van der Waals surface area contributed by atoms with Gasteiger partial charge in [-0.3, -0.25) is 9.89 Å². The second-order valence-electron chi connectivity index (χ2n) is 4.35. The lowest BCUT2D eigenvalue weighted by molar-refractivity contribution is -0.142. The topological polar surface area (TPSA) is 86.3 Å². The molecule has 0 saturated heterocycles. The highest BCUT2D eigenvalue weighted by Gasteiger charge is 2.25. The molecule has 2 rings (SSSR count). The van der Waals surface area contributed by atoms with Gasteiger partial charge in [0, 0.05) is 18.0 Å². The number of amides is 1. The van der Waals surface area contributed by atoms with E-state index in [4.69, 9.17) is 5.11 Å². The van der Waals surface area contributed by atoms with E-state index in [1.165, 1.54) is 11.9 Å². The summed E-state index contributed by atoms with van der Waals surface area (Å²) in [6, 6.07) is 4.30. The molecule has 19 heavy (non-hydrogen) atoms. The van der Waals surface area contributed by atoms with Crippen LogP contribution in [-0.2, 0) is 4.79 Å². The lowest BCUT2D eigenvalue weighted by Crippen LogP contribution is -2.41. The fourth-order valence-electron chi connectivity index (χ4n) is 2.04. The lowest BCUT2D eigenvalue weighted by atomic mass is 10.1. The number of carbonyl (C=O) groups excluding carboxylic acids is 1. The molecule has 1 atom stereocenters. The number of benzene rings is 1. The zero-order chi connectivity index (χ0) is 14.0.